The first kappa shape index (κ1) is 23.3. The minimum atomic E-state index is -5.19. The molecule has 0 amide bonds. The summed E-state index contributed by atoms with van der Waals surface area (Å²) < 4.78 is 118. The zero-order chi connectivity index (χ0) is 24.2. The lowest BCUT2D eigenvalue weighted by molar-refractivity contribution is -0.143. The molecule has 0 saturated carbocycles. The highest BCUT2D eigenvalue weighted by Crippen LogP contribution is 2.47. The van der Waals surface area contributed by atoms with Crippen molar-refractivity contribution in [1.29, 1.82) is 0 Å². The molecule has 3 rings (SSSR count). The van der Waals surface area contributed by atoms with E-state index in [-0.39, 0.29) is 23.9 Å². The molecule has 172 valence electrons. The number of phenols is 2. The minimum absolute atomic E-state index is 0.141. The van der Waals surface area contributed by atoms with Crippen LogP contribution in [0.1, 0.15) is 16.8 Å². The molecular weight excluding hydrogens is 459 g/mol. The average Bonchev–Trinajstić information content (AvgIpc) is 3.02. The van der Waals surface area contributed by atoms with Gasteiger partial charge in [-0.05, 0) is 42.0 Å². The molecule has 0 aliphatic rings. The molecule has 0 aliphatic carbocycles. The van der Waals surface area contributed by atoms with Crippen LogP contribution in [0.25, 0.3) is 22.4 Å². The van der Waals surface area contributed by atoms with Gasteiger partial charge < -0.3 is 10.2 Å². The molecule has 13 heteroatoms. The van der Waals surface area contributed by atoms with E-state index in [0.29, 0.717) is 10.7 Å². The molecule has 2 aromatic carbocycles. The van der Waals surface area contributed by atoms with Crippen LogP contribution >= 0.6 is 0 Å². The molecule has 0 saturated heterocycles. The third kappa shape index (κ3) is 4.32. The summed E-state index contributed by atoms with van der Waals surface area (Å²) in [6.07, 6.45) is -15.2. The summed E-state index contributed by atoms with van der Waals surface area (Å²) >= 11 is 0. The van der Waals surface area contributed by atoms with Gasteiger partial charge in [-0.25, -0.2) is 0 Å². The van der Waals surface area contributed by atoms with Crippen LogP contribution in [-0.4, -0.2) is 20.0 Å². The fraction of sp³-hybridized carbons (Fsp3) is 0.211. The second-order valence-electron chi connectivity index (χ2n) is 6.69. The molecule has 0 unspecified atom stereocenters. The van der Waals surface area contributed by atoms with Gasteiger partial charge in [-0.15, -0.1) is 0 Å². The Labute approximate surface area is 173 Å². The van der Waals surface area contributed by atoms with Crippen molar-refractivity contribution in [3.63, 3.8) is 0 Å². The minimum Gasteiger partial charge on any atom is -0.507 e. The van der Waals surface area contributed by atoms with E-state index in [0.717, 1.165) is 19.2 Å². The van der Waals surface area contributed by atoms with E-state index in [1.807, 2.05) is 0 Å². The van der Waals surface area contributed by atoms with Crippen molar-refractivity contribution in [2.24, 2.45) is 7.05 Å². The molecule has 0 fully saturated rings. The molecule has 0 aliphatic heterocycles. The lowest BCUT2D eigenvalue weighted by Gasteiger charge is -2.17. The lowest BCUT2D eigenvalue weighted by Crippen LogP contribution is -2.11. The number of alkyl halides is 9. The highest BCUT2D eigenvalue weighted by atomic mass is 19.4. The Morgan fingerprint density at radius 2 is 1.28 bits per heavy atom. The van der Waals surface area contributed by atoms with Crippen molar-refractivity contribution in [3.05, 3.63) is 53.2 Å². The van der Waals surface area contributed by atoms with Crippen molar-refractivity contribution < 1.29 is 49.7 Å². The molecule has 1 heterocycles. The van der Waals surface area contributed by atoms with Gasteiger partial charge in [0.05, 0.1) is 22.4 Å². The van der Waals surface area contributed by atoms with E-state index in [1.54, 1.807) is 0 Å². The van der Waals surface area contributed by atoms with Gasteiger partial charge in [0.2, 0.25) is 0 Å². The van der Waals surface area contributed by atoms with Crippen LogP contribution in [0.3, 0.4) is 0 Å². The second kappa shape index (κ2) is 7.35. The first-order valence-corrected chi connectivity index (χ1v) is 8.46. The predicted molar refractivity (Wildman–Crippen MR) is 92.4 cm³/mol. The standard InChI is InChI=1S/C19H11F9N2O2/c1-30-12(7-14(29-30)19(26,27)28)11-2-3-13(31)15(16(11)32)8-4-9(17(20,21)22)6-10(5-8)18(23,24)25/h2-7,31-32H,1H3. The molecular formula is C19H11F9N2O2. The summed E-state index contributed by atoms with van der Waals surface area (Å²) in [6.45, 7) is 0. The van der Waals surface area contributed by atoms with Gasteiger partial charge in [0.15, 0.2) is 5.69 Å². The van der Waals surface area contributed by atoms with Crippen molar-refractivity contribution in [2.75, 3.05) is 0 Å². The zero-order valence-electron chi connectivity index (χ0n) is 15.7. The highest BCUT2D eigenvalue weighted by molar-refractivity contribution is 5.85. The molecule has 2 N–H and O–H groups in total. The first-order valence-electron chi connectivity index (χ1n) is 8.46. The number of aromatic hydroxyl groups is 2. The second-order valence-corrected chi connectivity index (χ2v) is 6.69. The maximum atomic E-state index is 13.2. The lowest BCUT2D eigenvalue weighted by atomic mass is 9.95. The van der Waals surface area contributed by atoms with Crippen LogP contribution in [0, 0.1) is 0 Å². The summed E-state index contributed by atoms with van der Waals surface area (Å²) in [6, 6.07) is 2.71. The largest absolute Gasteiger partial charge is 0.507 e. The number of phenolic OH excluding ortho intramolecular Hbond substituents is 2. The van der Waals surface area contributed by atoms with E-state index >= 15 is 0 Å². The van der Waals surface area contributed by atoms with Crippen LogP contribution in [0.2, 0.25) is 0 Å². The van der Waals surface area contributed by atoms with Crippen molar-refractivity contribution in [2.45, 2.75) is 18.5 Å². The molecule has 0 spiro atoms. The van der Waals surface area contributed by atoms with Crippen molar-refractivity contribution in [3.8, 4) is 33.9 Å². The fourth-order valence-corrected chi connectivity index (χ4v) is 3.03. The maximum Gasteiger partial charge on any atom is 0.435 e. The topological polar surface area (TPSA) is 58.3 Å². The molecule has 4 nitrogen and oxygen atoms in total. The molecule has 0 atom stereocenters. The summed E-state index contributed by atoms with van der Waals surface area (Å²) in [5.41, 5.74) is -7.18. The number of rotatable bonds is 2. The molecule has 0 bridgehead atoms. The molecule has 3 aromatic rings. The molecule has 32 heavy (non-hydrogen) atoms. The average molecular weight is 470 g/mol. The van der Waals surface area contributed by atoms with E-state index in [9.17, 15) is 49.7 Å². The SMILES string of the molecule is Cn1nc(C(F)(F)F)cc1-c1ccc(O)c(-c2cc(C(F)(F)F)cc(C(F)(F)F)c2)c1O. The summed E-state index contributed by atoms with van der Waals surface area (Å²) in [5, 5.41) is 23.9. The zero-order valence-corrected chi connectivity index (χ0v) is 15.7. The van der Waals surface area contributed by atoms with Crippen LogP contribution in [0.5, 0.6) is 11.5 Å². The fourth-order valence-electron chi connectivity index (χ4n) is 3.03. The number of aromatic nitrogens is 2. The van der Waals surface area contributed by atoms with E-state index in [4.69, 9.17) is 0 Å². The third-order valence-corrected chi connectivity index (χ3v) is 4.48. The normalized spacial score (nSPS) is 12.9. The Balaban J connectivity index is 2.29. The van der Waals surface area contributed by atoms with Gasteiger partial charge in [0.25, 0.3) is 0 Å². The number of hydrogen-bond donors (Lipinski definition) is 2. The number of benzene rings is 2. The molecule has 1 aromatic heterocycles. The Hall–Kier alpha value is -3.38. The van der Waals surface area contributed by atoms with Crippen LogP contribution in [0.15, 0.2) is 36.4 Å². The van der Waals surface area contributed by atoms with Gasteiger partial charge in [-0.1, -0.05) is 0 Å². The number of aryl methyl sites for hydroxylation is 1. The first-order chi connectivity index (χ1) is 14.5. The van der Waals surface area contributed by atoms with E-state index in [1.165, 1.54) is 0 Å². The molecule has 0 radical (unpaired) electrons. The monoisotopic (exact) mass is 470 g/mol. The number of nitrogens with zero attached hydrogens (tertiary/aromatic N) is 2. The third-order valence-electron chi connectivity index (χ3n) is 4.48. The Bertz CT molecular complexity index is 1140. The van der Waals surface area contributed by atoms with Crippen molar-refractivity contribution >= 4 is 0 Å². The van der Waals surface area contributed by atoms with Crippen LogP contribution in [0.4, 0.5) is 39.5 Å². The van der Waals surface area contributed by atoms with Gasteiger partial charge in [-0.3, -0.25) is 4.68 Å². The van der Waals surface area contributed by atoms with Crippen molar-refractivity contribution in [1.82, 2.24) is 9.78 Å². The Kier molecular flexibility index (Phi) is 5.35. The Morgan fingerprint density at radius 1 is 0.750 bits per heavy atom. The van der Waals surface area contributed by atoms with E-state index < -0.39 is 63.5 Å². The van der Waals surface area contributed by atoms with Crippen LogP contribution in [-0.2, 0) is 25.6 Å². The van der Waals surface area contributed by atoms with Gasteiger partial charge >= 0.3 is 18.5 Å². The maximum absolute atomic E-state index is 13.2. The summed E-state index contributed by atoms with van der Waals surface area (Å²) in [5.74, 6) is -1.92. The smallest absolute Gasteiger partial charge is 0.435 e. The predicted octanol–water partition coefficient (Wildman–Crippen LogP) is 6.22. The van der Waals surface area contributed by atoms with Crippen LogP contribution < -0.4 is 0 Å². The highest BCUT2D eigenvalue weighted by Gasteiger charge is 2.38. The summed E-state index contributed by atoms with van der Waals surface area (Å²) in [7, 11) is 1.09. The van der Waals surface area contributed by atoms with Gasteiger partial charge in [0, 0.05) is 12.6 Å². The van der Waals surface area contributed by atoms with E-state index in [2.05, 4.69) is 5.10 Å². The number of halogens is 9. The summed E-state index contributed by atoms with van der Waals surface area (Å²) in [4.78, 5) is 0. The Morgan fingerprint density at radius 3 is 1.72 bits per heavy atom. The number of hydrogen-bond acceptors (Lipinski definition) is 3. The quantitative estimate of drug-likeness (QED) is 0.437. The van der Waals surface area contributed by atoms with Gasteiger partial charge in [-0.2, -0.15) is 44.6 Å². The van der Waals surface area contributed by atoms with Gasteiger partial charge in [0.1, 0.15) is 11.5 Å².